The summed E-state index contributed by atoms with van der Waals surface area (Å²) in [5.74, 6) is 0.902. The third kappa shape index (κ3) is 5.28. The number of anilines is 2. The number of nitrogens with one attached hydrogen (secondary N) is 2. The molecule has 2 aliphatic heterocycles. The third-order valence-electron chi connectivity index (χ3n) is 7.08. The van der Waals surface area contributed by atoms with Crippen LogP contribution < -0.4 is 15.2 Å². The minimum atomic E-state index is -3.55. The Morgan fingerprint density at radius 2 is 1.97 bits per heavy atom. The Hall–Kier alpha value is -3.18. The summed E-state index contributed by atoms with van der Waals surface area (Å²) in [6.45, 7) is 8.55. The highest BCUT2D eigenvalue weighted by molar-refractivity contribution is 7.92. The fourth-order valence-corrected chi connectivity index (χ4v) is 5.77. The summed E-state index contributed by atoms with van der Waals surface area (Å²) in [5.41, 5.74) is 7.56. The van der Waals surface area contributed by atoms with Gasteiger partial charge in [-0.15, -0.1) is 0 Å². The molecule has 2 N–H and O–H groups in total. The zero-order valence-electron chi connectivity index (χ0n) is 21.9. The minimum Gasteiger partial charge on any atom is -0.330 e. The Balaban J connectivity index is 1.51. The lowest BCUT2D eigenvalue weighted by Crippen LogP contribution is -2.39. The highest BCUT2D eigenvalue weighted by atomic mass is 32.2. The number of rotatable bonds is 6. The van der Waals surface area contributed by atoms with E-state index in [1.165, 1.54) is 0 Å². The number of nitrogens with zero attached hydrogens (tertiary/aromatic N) is 5. The normalized spacial score (nSPS) is 18.7. The van der Waals surface area contributed by atoms with E-state index in [1.807, 2.05) is 36.2 Å². The van der Waals surface area contributed by atoms with Crippen molar-refractivity contribution in [3.8, 4) is 0 Å². The topological polar surface area (TPSA) is 112 Å². The SMILES string of the molecule is Cc1cn2nc(C3CCCCN3C(=O)c3cc(C(C)C)ccc3NS(C)(=O)=O)cc2nc1N1CCCN1. The maximum Gasteiger partial charge on any atom is 0.256 e. The van der Waals surface area contributed by atoms with E-state index < -0.39 is 10.0 Å². The van der Waals surface area contributed by atoms with Crippen molar-refractivity contribution in [2.75, 3.05) is 35.6 Å². The lowest BCUT2D eigenvalue weighted by molar-refractivity contribution is 0.0606. The van der Waals surface area contributed by atoms with Gasteiger partial charge in [-0.05, 0) is 56.2 Å². The Kier molecular flexibility index (Phi) is 6.84. The molecule has 2 aromatic heterocycles. The highest BCUT2D eigenvalue weighted by Crippen LogP contribution is 2.34. The lowest BCUT2D eigenvalue weighted by atomic mass is 9.95. The number of fused-ring (bicyclic) bond motifs is 1. The summed E-state index contributed by atoms with van der Waals surface area (Å²) in [7, 11) is -3.55. The van der Waals surface area contributed by atoms with Crippen molar-refractivity contribution in [3.63, 3.8) is 0 Å². The van der Waals surface area contributed by atoms with Gasteiger partial charge in [-0.2, -0.15) is 5.10 Å². The van der Waals surface area contributed by atoms with Crippen molar-refractivity contribution in [2.45, 2.75) is 58.4 Å². The van der Waals surface area contributed by atoms with Crippen LogP contribution in [0.4, 0.5) is 11.5 Å². The van der Waals surface area contributed by atoms with Crippen LogP contribution in [-0.2, 0) is 10.0 Å². The van der Waals surface area contributed by atoms with Crippen LogP contribution >= 0.6 is 0 Å². The first-order valence-electron chi connectivity index (χ1n) is 12.9. The fraction of sp³-hybridized carbons (Fsp3) is 0.500. The number of hydrogen-bond acceptors (Lipinski definition) is 7. The summed E-state index contributed by atoms with van der Waals surface area (Å²) in [6, 6.07) is 7.12. The molecule has 10 nitrogen and oxygen atoms in total. The standard InChI is InChI=1S/C26H35N7O3S/c1-17(2)19-9-10-21(30-37(4,35)36)20(14-19)26(34)31-12-6-5-8-23(31)22-15-24-28-25(32-13-7-11-27-32)18(3)16-33(24)29-22/h9-10,14-17,23,27,30H,5-8,11-13H2,1-4H3. The molecule has 1 aromatic carbocycles. The smallest absolute Gasteiger partial charge is 0.256 e. The molecule has 0 saturated carbocycles. The van der Waals surface area contributed by atoms with Crippen LogP contribution in [0.5, 0.6) is 0 Å². The van der Waals surface area contributed by atoms with Gasteiger partial charge in [0.05, 0.1) is 29.2 Å². The number of sulfonamides is 1. The van der Waals surface area contributed by atoms with E-state index in [9.17, 15) is 13.2 Å². The Morgan fingerprint density at radius 3 is 2.68 bits per heavy atom. The van der Waals surface area contributed by atoms with E-state index in [-0.39, 0.29) is 17.9 Å². The summed E-state index contributed by atoms with van der Waals surface area (Å²) >= 11 is 0. The van der Waals surface area contributed by atoms with Crippen LogP contribution in [0.3, 0.4) is 0 Å². The van der Waals surface area contributed by atoms with Crippen molar-refractivity contribution in [3.05, 3.63) is 52.8 Å². The summed E-state index contributed by atoms with van der Waals surface area (Å²) in [5, 5.41) is 6.91. The monoisotopic (exact) mass is 525 g/mol. The number of carbonyl (C=O) groups excluding carboxylic acids is 1. The van der Waals surface area contributed by atoms with Crippen LogP contribution in [0.2, 0.25) is 0 Å². The molecule has 0 radical (unpaired) electrons. The molecule has 1 unspecified atom stereocenters. The zero-order valence-corrected chi connectivity index (χ0v) is 22.7. The number of likely N-dealkylation sites (tertiary alicyclic amines) is 1. The van der Waals surface area contributed by atoms with Gasteiger partial charge in [0, 0.05) is 37.5 Å². The van der Waals surface area contributed by atoms with Crippen molar-refractivity contribution in [1.82, 2.24) is 24.9 Å². The van der Waals surface area contributed by atoms with Gasteiger partial charge in [-0.3, -0.25) is 14.5 Å². The molecule has 1 atom stereocenters. The van der Waals surface area contributed by atoms with Gasteiger partial charge in [-0.25, -0.2) is 23.3 Å². The average Bonchev–Trinajstić information content (AvgIpc) is 3.52. The van der Waals surface area contributed by atoms with Crippen LogP contribution in [0.25, 0.3) is 5.65 Å². The number of benzene rings is 1. The summed E-state index contributed by atoms with van der Waals surface area (Å²) in [6.07, 6.45) is 6.81. The molecule has 4 heterocycles. The third-order valence-corrected chi connectivity index (χ3v) is 7.67. The van der Waals surface area contributed by atoms with Crippen LogP contribution in [0.15, 0.2) is 30.5 Å². The molecule has 198 valence electrons. The van der Waals surface area contributed by atoms with Crippen LogP contribution in [-0.4, -0.2) is 59.7 Å². The van der Waals surface area contributed by atoms with E-state index in [0.717, 1.165) is 73.3 Å². The van der Waals surface area contributed by atoms with Crippen molar-refractivity contribution < 1.29 is 13.2 Å². The maximum atomic E-state index is 14.0. The van der Waals surface area contributed by atoms with Gasteiger partial charge in [0.15, 0.2) is 5.65 Å². The molecule has 2 saturated heterocycles. The first kappa shape index (κ1) is 25.5. The summed E-state index contributed by atoms with van der Waals surface area (Å²) in [4.78, 5) is 20.7. The Morgan fingerprint density at radius 1 is 1.16 bits per heavy atom. The number of carbonyl (C=O) groups is 1. The molecule has 0 spiro atoms. The number of hydrogen-bond donors (Lipinski definition) is 2. The van der Waals surface area contributed by atoms with Gasteiger partial charge < -0.3 is 4.90 Å². The molecule has 1 amide bonds. The van der Waals surface area contributed by atoms with Gasteiger partial charge >= 0.3 is 0 Å². The molecule has 3 aromatic rings. The maximum absolute atomic E-state index is 14.0. The molecule has 37 heavy (non-hydrogen) atoms. The number of aromatic nitrogens is 3. The number of aryl methyl sites for hydroxylation is 1. The lowest BCUT2D eigenvalue weighted by Gasteiger charge is -2.35. The number of amides is 1. The van der Waals surface area contributed by atoms with Gasteiger partial charge in [0.1, 0.15) is 5.82 Å². The van der Waals surface area contributed by atoms with Crippen LogP contribution in [0.1, 0.15) is 78.7 Å². The summed E-state index contributed by atoms with van der Waals surface area (Å²) < 4.78 is 28.4. The van der Waals surface area contributed by atoms with E-state index in [0.29, 0.717) is 17.8 Å². The van der Waals surface area contributed by atoms with Gasteiger partial charge in [0.25, 0.3) is 5.91 Å². The van der Waals surface area contributed by atoms with Crippen molar-refractivity contribution in [1.29, 1.82) is 0 Å². The van der Waals surface area contributed by atoms with E-state index >= 15 is 0 Å². The predicted molar refractivity (Wildman–Crippen MR) is 144 cm³/mol. The predicted octanol–water partition coefficient (Wildman–Crippen LogP) is 3.61. The van der Waals surface area contributed by atoms with Gasteiger partial charge in [-0.1, -0.05) is 19.9 Å². The van der Waals surface area contributed by atoms with Crippen molar-refractivity contribution in [2.24, 2.45) is 0 Å². The molecule has 11 heteroatoms. The quantitative estimate of drug-likeness (QED) is 0.506. The first-order chi connectivity index (χ1) is 17.6. The number of hydrazine groups is 1. The average molecular weight is 526 g/mol. The second-order valence-corrected chi connectivity index (χ2v) is 12.1. The molecular formula is C26H35N7O3S. The first-order valence-corrected chi connectivity index (χ1v) is 14.8. The fourth-order valence-electron chi connectivity index (χ4n) is 5.19. The van der Waals surface area contributed by atoms with E-state index in [2.05, 4.69) is 29.0 Å². The largest absolute Gasteiger partial charge is 0.330 e. The molecule has 5 rings (SSSR count). The second kappa shape index (κ2) is 9.94. The molecule has 2 aliphatic rings. The zero-order chi connectivity index (χ0) is 26.3. The molecule has 2 fully saturated rings. The molecular weight excluding hydrogens is 490 g/mol. The Labute approximate surface area is 218 Å². The minimum absolute atomic E-state index is 0.193. The van der Waals surface area contributed by atoms with E-state index in [4.69, 9.17) is 10.1 Å². The van der Waals surface area contributed by atoms with Gasteiger partial charge in [0.2, 0.25) is 10.0 Å². The Bertz CT molecular complexity index is 1430. The van der Waals surface area contributed by atoms with Crippen molar-refractivity contribution >= 4 is 33.1 Å². The number of piperidine rings is 1. The second-order valence-electron chi connectivity index (χ2n) is 10.4. The molecule has 0 aliphatic carbocycles. The van der Waals surface area contributed by atoms with Crippen LogP contribution in [0, 0.1) is 6.92 Å². The highest BCUT2D eigenvalue weighted by Gasteiger charge is 2.32. The van der Waals surface area contributed by atoms with E-state index in [1.54, 1.807) is 10.6 Å². The molecule has 0 bridgehead atoms.